The van der Waals surface area contributed by atoms with Gasteiger partial charge < -0.3 is 14.2 Å². The number of amides is 1. The first kappa shape index (κ1) is 17.7. The van der Waals surface area contributed by atoms with Gasteiger partial charge in [0.2, 0.25) is 0 Å². The van der Waals surface area contributed by atoms with Crippen molar-refractivity contribution in [2.75, 3.05) is 13.7 Å². The first-order chi connectivity index (χ1) is 10.6. The second-order valence-electron chi connectivity index (χ2n) is 7.20. The van der Waals surface area contributed by atoms with Crippen LogP contribution < -0.4 is 0 Å². The Bertz CT molecular complexity index is 522. The van der Waals surface area contributed by atoms with Crippen molar-refractivity contribution in [2.45, 2.75) is 64.6 Å². The van der Waals surface area contributed by atoms with Gasteiger partial charge in [-0.25, -0.2) is 4.79 Å². The van der Waals surface area contributed by atoms with E-state index in [9.17, 15) is 4.79 Å². The summed E-state index contributed by atoms with van der Waals surface area (Å²) in [6.45, 7) is 10.2. The predicted octanol–water partition coefficient (Wildman–Crippen LogP) is 2.27. The molecule has 2 heterocycles. The number of methoxy groups -OCH3 is 1. The molecule has 2 atom stereocenters. The number of aromatic nitrogens is 2. The Labute approximate surface area is 137 Å². The molecule has 0 unspecified atom stereocenters. The Morgan fingerprint density at radius 3 is 2.61 bits per heavy atom. The molecule has 1 saturated heterocycles. The van der Waals surface area contributed by atoms with Crippen LogP contribution in [-0.4, -0.2) is 58.0 Å². The molecule has 0 aliphatic carbocycles. The van der Waals surface area contributed by atoms with E-state index in [-0.39, 0.29) is 12.1 Å². The van der Waals surface area contributed by atoms with Crippen molar-refractivity contribution in [3.05, 3.63) is 18.5 Å². The maximum Gasteiger partial charge on any atom is 0.412 e. The molecule has 23 heavy (non-hydrogen) atoms. The van der Waals surface area contributed by atoms with Crippen molar-refractivity contribution in [3.8, 4) is 0 Å². The molecule has 0 radical (unpaired) electrons. The Kier molecular flexibility index (Phi) is 5.01. The molecule has 130 valence electrons. The lowest BCUT2D eigenvalue weighted by atomic mass is 10.1. The fraction of sp³-hybridized carbons (Fsp3) is 0.750. The molecule has 1 aromatic heterocycles. The molecule has 0 saturated carbocycles. The van der Waals surface area contributed by atoms with E-state index in [4.69, 9.17) is 14.2 Å². The van der Waals surface area contributed by atoms with Crippen LogP contribution in [0, 0.1) is 0 Å². The molecule has 0 bridgehead atoms. The largest absolute Gasteiger partial charge is 0.444 e. The summed E-state index contributed by atoms with van der Waals surface area (Å²) in [5, 5.41) is 4.23. The third-order valence-corrected chi connectivity index (χ3v) is 3.64. The molecule has 1 aliphatic rings. The summed E-state index contributed by atoms with van der Waals surface area (Å²) in [5.41, 5.74) is -1.34. The van der Waals surface area contributed by atoms with Crippen molar-refractivity contribution in [3.63, 3.8) is 0 Å². The van der Waals surface area contributed by atoms with Gasteiger partial charge in [-0.15, -0.1) is 0 Å². The SMILES string of the molecule is COC[C@H]1OC(C)(C)N(C(=O)OC(C)(C)C)[C@@H]1Cn1cccn1. The molecule has 0 N–H and O–H groups in total. The van der Waals surface area contributed by atoms with E-state index in [0.29, 0.717) is 13.2 Å². The fourth-order valence-electron chi connectivity index (χ4n) is 2.85. The number of hydrogen-bond acceptors (Lipinski definition) is 5. The van der Waals surface area contributed by atoms with Gasteiger partial charge >= 0.3 is 6.09 Å². The number of carbonyl (C=O) groups excluding carboxylic acids is 1. The predicted molar refractivity (Wildman–Crippen MR) is 84.9 cm³/mol. The van der Waals surface area contributed by atoms with Gasteiger partial charge in [-0.1, -0.05) is 0 Å². The summed E-state index contributed by atoms with van der Waals surface area (Å²) in [6, 6.07) is 1.63. The Morgan fingerprint density at radius 1 is 1.39 bits per heavy atom. The zero-order valence-corrected chi connectivity index (χ0v) is 14.8. The Morgan fingerprint density at radius 2 is 2.09 bits per heavy atom. The molecule has 1 aromatic rings. The number of rotatable bonds is 4. The molecule has 0 spiro atoms. The fourth-order valence-corrected chi connectivity index (χ4v) is 2.85. The average Bonchev–Trinajstić information content (AvgIpc) is 2.95. The summed E-state index contributed by atoms with van der Waals surface area (Å²) < 4.78 is 18.7. The number of hydrogen-bond donors (Lipinski definition) is 0. The van der Waals surface area contributed by atoms with Crippen LogP contribution >= 0.6 is 0 Å². The minimum atomic E-state index is -0.774. The van der Waals surface area contributed by atoms with Gasteiger partial charge in [0.15, 0.2) is 0 Å². The molecule has 0 aromatic carbocycles. The summed E-state index contributed by atoms with van der Waals surface area (Å²) in [7, 11) is 1.62. The number of nitrogens with zero attached hydrogens (tertiary/aromatic N) is 3. The quantitative estimate of drug-likeness (QED) is 0.849. The minimum absolute atomic E-state index is 0.223. The van der Waals surface area contributed by atoms with Crippen LogP contribution in [0.5, 0.6) is 0 Å². The lowest BCUT2D eigenvalue weighted by molar-refractivity contribution is -0.0894. The van der Waals surface area contributed by atoms with Crippen molar-refractivity contribution >= 4 is 6.09 Å². The van der Waals surface area contributed by atoms with E-state index >= 15 is 0 Å². The first-order valence-corrected chi connectivity index (χ1v) is 7.80. The van der Waals surface area contributed by atoms with Gasteiger partial charge in [-0.3, -0.25) is 9.58 Å². The highest BCUT2D eigenvalue weighted by Gasteiger charge is 2.51. The lowest BCUT2D eigenvalue weighted by Gasteiger charge is -2.35. The van der Waals surface area contributed by atoms with Gasteiger partial charge in [0.05, 0.1) is 19.2 Å². The summed E-state index contributed by atoms with van der Waals surface area (Å²) in [5.74, 6) is 0. The molecule has 1 fully saturated rings. The van der Waals surface area contributed by atoms with Crippen molar-refractivity contribution in [1.82, 2.24) is 14.7 Å². The zero-order valence-electron chi connectivity index (χ0n) is 14.8. The van der Waals surface area contributed by atoms with E-state index in [2.05, 4.69) is 5.10 Å². The van der Waals surface area contributed by atoms with E-state index in [0.717, 1.165) is 0 Å². The Hall–Kier alpha value is -1.60. The topological polar surface area (TPSA) is 65.8 Å². The van der Waals surface area contributed by atoms with Gasteiger partial charge in [0, 0.05) is 19.5 Å². The van der Waals surface area contributed by atoms with Crippen LogP contribution in [0.4, 0.5) is 4.79 Å². The summed E-state index contributed by atoms with van der Waals surface area (Å²) in [6.07, 6.45) is 2.94. The zero-order chi connectivity index (χ0) is 17.3. The van der Waals surface area contributed by atoms with Gasteiger partial charge in [-0.2, -0.15) is 5.10 Å². The minimum Gasteiger partial charge on any atom is -0.444 e. The second-order valence-corrected chi connectivity index (χ2v) is 7.20. The number of carbonyl (C=O) groups is 1. The van der Waals surface area contributed by atoms with Crippen molar-refractivity contribution < 1.29 is 19.0 Å². The van der Waals surface area contributed by atoms with Crippen molar-refractivity contribution in [1.29, 1.82) is 0 Å². The lowest BCUT2D eigenvalue weighted by Crippen LogP contribution is -2.51. The molecule has 2 rings (SSSR count). The smallest absolute Gasteiger partial charge is 0.412 e. The van der Waals surface area contributed by atoms with Crippen LogP contribution in [-0.2, 0) is 20.8 Å². The third kappa shape index (κ3) is 4.23. The monoisotopic (exact) mass is 325 g/mol. The van der Waals surface area contributed by atoms with Crippen LogP contribution in [0.3, 0.4) is 0 Å². The molecular weight excluding hydrogens is 298 g/mol. The molecule has 1 aliphatic heterocycles. The number of ether oxygens (including phenoxy) is 3. The Balaban J connectivity index is 2.27. The maximum atomic E-state index is 12.7. The molecule has 7 nitrogen and oxygen atoms in total. The summed E-state index contributed by atoms with van der Waals surface area (Å²) >= 11 is 0. The van der Waals surface area contributed by atoms with E-state index in [1.807, 2.05) is 46.9 Å². The normalized spacial score (nSPS) is 24.0. The van der Waals surface area contributed by atoms with Crippen LogP contribution in [0.1, 0.15) is 34.6 Å². The average molecular weight is 325 g/mol. The van der Waals surface area contributed by atoms with Crippen molar-refractivity contribution in [2.24, 2.45) is 0 Å². The maximum absolute atomic E-state index is 12.7. The first-order valence-electron chi connectivity index (χ1n) is 7.80. The van der Waals surface area contributed by atoms with E-state index < -0.39 is 17.4 Å². The highest BCUT2D eigenvalue weighted by atomic mass is 16.6. The van der Waals surface area contributed by atoms with Crippen LogP contribution in [0.15, 0.2) is 18.5 Å². The standard InChI is InChI=1S/C16H27N3O4/c1-15(2,3)23-14(20)19-12(10-18-9-7-8-17-18)13(11-21-6)22-16(19,4)5/h7-9,12-13H,10-11H2,1-6H3/t12-,13-/m1/s1. The highest BCUT2D eigenvalue weighted by Crippen LogP contribution is 2.34. The summed E-state index contributed by atoms with van der Waals surface area (Å²) in [4.78, 5) is 14.4. The molecule has 1 amide bonds. The van der Waals surface area contributed by atoms with Crippen LogP contribution in [0.2, 0.25) is 0 Å². The molecule has 7 heteroatoms. The van der Waals surface area contributed by atoms with Gasteiger partial charge in [0.25, 0.3) is 0 Å². The van der Waals surface area contributed by atoms with Crippen LogP contribution in [0.25, 0.3) is 0 Å². The van der Waals surface area contributed by atoms with E-state index in [1.54, 1.807) is 22.9 Å². The van der Waals surface area contributed by atoms with Gasteiger partial charge in [0.1, 0.15) is 17.4 Å². The second kappa shape index (κ2) is 6.49. The highest BCUT2D eigenvalue weighted by molar-refractivity contribution is 5.70. The third-order valence-electron chi connectivity index (χ3n) is 3.64. The van der Waals surface area contributed by atoms with E-state index in [1.165, 1.54) is 0 Å². The molecular formula is C16H27N3O4. The van der Waals surface area contributed by atoms with Gasteiger partial charge in [-0.05, 0) is 40.7 Å².